The average molecular weight is 359 g/mol. The number of benzene rings is 1. The van der Waals surface area contributed by atoms with Gasteiger partial charge in [-0.1, -0.05) is 13.0 Å². The third-order valence-electron chi connectivity index (χ3n) is 5.52. The molecular weight excluding hydrogens is 334 g/mol. The molecule has 3 aliphatic rings. The summed E-state index contributed by atoms with van der Waals surface area (Å²) in [4.78, 5) is 27.7. The van der Waals surface area contributed by atoms with Crippen LogP contribution in [0.25, 0.3) is 0 Å². The summed E-state index contributed by atoms with van der Waals surface area (Å²) in [6.07, 6.45) is 2.33. The van der Waals surface area contributed by atoms with E-state index in [-0.39, 0.29) is 24.1 Å². The lowest BCUT2D eigenvalue weighted by Crippen LogP contribution is -2.49. The van der Waals surface area contributed by atoms with Crippen LogP contribution in [0.15, 0.2) is 18.2 Å². The van der Waals surface area contributed by atoms with Gasteiger partial charge < -0.3 is 24.6 Å². The molecule has 1 atom stereocenters. The van der Waals surface area contributed by atoms with Crippen molar-refractivity contribution in [3.8, 4) is 11.5 Å². The third-order valence-corrected chi connectivity index (χ3v) is 5.52. The minimum absolute atomic E-state index is 0.0227. The highest BCUT2D eigenvalue weighted by Crippen LogP contribution is 2.37. The van der Waals surface area contributed by atoms with Gasteiger partial charge in [0, 0.05) is 39.1 Å². The Kier molecular flexibility index (Phi) is 4.38. The Morgan fingerprint density at radius 1 is 1.15 bits per heavy atom. The molecule has 0 spiro atoms. The van der Waals surface area contributed by atoms with Crippen LogP contribution in [0.2, 0.25) is 0 Å². The first kappa shape index (κ1) is 17.0. The molecule has 7 heteroatoms. The van der Waals surface area contributed by atoms with Gasteiger partial charge in [0.2, 0.25) is 12.7 Å². The normalized spacial score (nSPS) is 25.0. The summed E-state index contributed by atoms with van der Waals surface area (Å²) in [6.45, 7) is 5.84. The molecule has 140 valence electrons. The molecule has 0 radical (unpaired) electrons. The molecule has 3 heterocycles. The predicted octanol–water partition coefficient (Wildman–Crippen LogP) is 1.61. The SMILES string of the molecule is CC1(Cc2ccc3c(c2)OCO3)CCC(=O)N(CCN2CCNC2=O)C1. The number of carbonyl (C=O) groups is 2. The van der Waals surface area contributed by atoms with Gasteiger partial charge in [0.15, 0.2) is 11.5 Å². The predicted molar refractivity (Wildman–Crippen MR) is 95.2 cm³/mol. The number of fused-ring (bicyclic) bond motifs is 1. The Balaban J connectivity index is 1.39. The smallest absolute Gasteiger partial charge is 0.317 e. The van der Waals surface area contributed by atoms with E-state index in [0.29, 0.717) is 26.1 Å². The molecule has 1 unspecified atom stereocenters. The summed E-state index contributed by atoms with van der Waals surface area (Å²) in [5.74, 6) is 1.78. The highest BCUT2D eigenvalue weighted by Gasteiger charge is 2.35. The Morgan fingerprint density at radius 2 is 1.96 bits per heavy atom. The van der Waals surface area contributed by atoms with E-state index in [4.69, 9.17) is 9.47 Å². The molecule has 2 fully saturated rings. The van der Waals surface area contributed by atoms with Crippen molar-refractivity contribution in [3.63, 3.8) is 0 Å². The van der Waals surface area contributed by atoms with Crippen molar-refractivity contribution in [2.45, 2.75) is 26.2 Å². The van der Waals surface area contributed by atoms with Crippen LogP contribution < -0.4 is 14.8 Å². The third kappa shape index (κ3) is 3.43. The minimum atomic E-state index is -0.0300. The molecule has 3 aliphatic heterocycles. The van der Waals surface area contributed by atoms with Crippen molar-refractivity contribution in [1.29, 1.82) is 0 Å². The number of likely N-dealkylation sites (tertiary alicyclic amines) is 1. The number of carbonyl (C=O) groups excluding carboxylic acids is 2. The second-order valence-electron chi connectivity index (χ2n) is 7.71. The summed E-state index contributed by atoms with van der Waals surface area (Å²) in [7, 11) is 0. The van der Waals surface area contributed by atoms with Gasteiger partial charge in [-0.2, -0.15) is 0 Å². The largest absolute Gasteiger partial charge is 0.454 e. The number of amides is 3. The van der Waals surface area contributed by atoms with E-state index in [1.54, 1.807) is 4.90 Å². The van der Waals surface area contributed by atoms with Crippen LogP contribution in [-0.2, 0) is 11.2 Å². The maximum Gasteiger partial charge on any atom is 0.317 e. The summed E-state index contributed by atoms with van der Waals surface area (Å²) >= 11 is 0. The molecule has 0 aliphatic carbocycles. The Bertz CT molecular complexity index is 723. The van der Waals surface area contributed by atoms with Crippen molar-refractivity contribution in [2.75, 3.05) is 39.5 Å². The molecule has 0 bridgehead atoms. The lowest BCUT2D eigenvalue weighted by atomic mass is 9.76. The number of piperidine rings is 1. The zero-order valence-electron chi connectivity index (χ0n) is 15.1. The van der Waals surface area contributed by atoms with Crippen LogP contribution >= 0.6 is 0 Å². The zero-order valence-corrected chi connectivity index (χ0v) is 15.1. The summed E-state index contributed by atoms with van der Waals surface area (Å²) in [5, 5.41) is 2.80. The number of ether oxygens (including phenoxy) is 2. The first-order valence-corrected chi connectivity index (χ1v) is 9.22. The lowest BCUT2D eigenvalue weighted by molar-refractivity contribution is -0.137. The summed E-state index contributed by atoms with van der Waals surface area (Å²) in [6, 6.07) is 6.05. The minimum Gasteiger partial charge on any atom is -0.454 e. The molecule has 2 saturated heterocycles. The fourth-order valence-corrected chi connectivity index (χ4v) is 4.05. The molecule has 26 heavy (non-hydrogen) atoms. The van der Waals surface area contributed by atoms with Crippen LogP contribution in [-0.4, -0.2) is 61.3 Å². The van der Waals surface area contributed by atoms with E-state index in [1.807, 2.05) is 17.0 Å². The second kappa shape index (κ2) is 6.70. The number of hydrogen-bond donors (Lipinski definition) is 1. The van der Waals surface area contributed by atoms with Crippen molar-refractivity contribution in [3.05, 3.63) is 23.8 Å². The molecule has 4 rings (SSSR count). The number of rotatable bonds is 5. The maximum atomic E-state index is 12.3. The van der Waals surface area contributed by atoms with Crippen molar-refractivity contribution in [1.82, 2.24) is 15.1 Å². The van der Waals surface area contributed by atoms with Crippen LogP contribution in [0, 0.1) is 5.41 Å². The van der Waals surface area contributed by atoms with E-state index in [1.165, 1.54) is 5.56 Å². The topological polar surface area (TPSA) is 71.1 Å². The first-order valence-electron chi connectivity index (χ1n) is 9.22. The molecule has 1 aromatic carbocycles. The van der Waals surface area contributed by atoms with E-state index in [2.05, 4.69) is 18.3 Å². The van der Waals surface area contributed by atoms with Crippen LogP contribution in [0.3, 0.4) is 0 Å². The van der Waals surface area contributed by atoms with Gasteiger partial charge in [-0.3, -0.25) is 4.79 Å². The molecular formula is C19H25N3O4. The summed E-state index contributed by atoms with van der Waals surface area (Å²) in [5.41, 5.74) is 1.22. The van der Waals surface area contributed by atoms with E-state index < -0.39 is 0 Å². The Labute approximate surface area is 153 Å². The van der Waals surface area contributed by atoms with E-state index in [0.717, 1.165) is 37.4 Å². The van der Waals surface area contributed by atoms with Gasteiger partial charge in [0.05, 0.1) is 0 Å². The molecule has 0 saturated carbocycles. The van der Waals surface area contributed by atoms with Gasteiger partial charge in [-0.05, 0) is 36.0 Å². The maximum absolute atomic E-state index is 12.3. The molecule has 7 nitrogen and oxygen atoms in total. The zero-order chi connectivity index (χ0) is 18.1. The summed E-state index contributed by atoms with van der Waals surface area (Å²) < 4.78 is 10.9. The van der Waals surface area contributed by atoms with Gasteiger partial charge in [-0.15, -0.1) is 0 Å². The number of nitrogens with zero attached hydrogens (tertiary/aromatic N) is 2. The fourth-order valence-electron chi connectivity index (χ4n) is 4.05. The average Bonchev–Trinajstić information content (AvgIpc) is 3.24. The van der Waals surface area contributed by atoms with Gasteiger partial charge >= 0.3 is 6.03 Å². The Morgan fingerprint density at radius 3 is 2.77 bits per heavy atom. The number of urea groups is 1. The van der Waals surface area contributed by atoms with Gasteiger partial charge in [-0.25, -0.2) is 4.79 Å². The first-order chi connectivity index (χ1) is 12.5. The Hall–Kier alpha value is -2.44. The quantitative estimate of drug-likeness (QED) is 0.867. The van der Waals surface area contributed by atoms with Gasteiger partial charge in [0.25, 0.3) is 0 Å². The standard InChI is InChI=1S/C19H25N3O4/c1-19(11-14-2-3-15-16(10-14)26-13-25-15)5-4-17(23)22(12-19)9-8-21-7-6-20-18(21)24/h2-3,10H,4-9,11-13H2,1H3,(H,20,24). The second-order valence-corrected chi connectivity index (χ2v) is 7.71. The molecule has 1 N–H and O–H groups in total. The molecule has 0 aromatic heterocycles. The highest BCUT2D eigenvalue weighted by atomic mass is 16.7. The fraction of sp³-hybridized carbons (Fsp3) is 0.579. The van der Waals surface area contributed by atoms with Crippen LogP contribution in [0.4, 0.5) is 4.79 Å². The van der Waals surface area contributed by atoms with Crippen molar-refractivity contribution >= 4 is 11.9 Å². The van der Waals surface area contributed by atoms with E-state index >= 15 is 0 Å². The van der Waals surface area contributed by atoms with Gasteiger partial charge in [0.1, 0.15) is 0 Å². The number of nitrogens with one attached hydrogen (secondary N) is 1. The molecule has 1 aromatic rings. The van der Waals surface area contributed by atoms with Crippen LogP contribution in [0.1, 0.15) is 25.3 Å². The highest BCUT2D eigenvalue weighted by molar-refractivity contribution is 5.78. The number of hydrogen-bond acceptors (Lipinski definition) is 4. The lowest BCUT2D eigenvalue weighted by Gasteiger charge is -2.41. The van der Waals surface area contributed by atoms with E-state index in [9.17, 15) is 9.59 Å². The van der Waals surface area contributed by atoms with Crippen molar-refractivity contribution in [2.24, 2.45) is 5.41 Å². The molecule has 3 amide bonds. The van der Waals surface area contributed by atoms with Crippen LogP contribution in [0.5, 0.6) is 11.5 Å². The monoisotopic (exact) mass is 359 g/mol. The van der Waals surface area contributed by atoms with Crippen molar-refractivity contribution < 1.29 is 19.1 Å².